The lowest BCUT2D eigenvalue weighted by Crippen LogP contribution is -2.42. The maximum atomic E-state index is 12.8. The molecular formula is C23H22N8O2. The summed E-state index contributed by atoms with van der Waals surface area (Å²) < 4.78 is 8.64. The second-order valence-corrected chi connectivity index (χ2v) is 8.87. The van der Waals surface area contributed by atoms with Crippen LogP contribution in [0.5, 0.6) is 0 Å². The molecule has 2 unspecified atom stereocenters. The van der Waals surface area contributed by atoms with E-state index in [1.54, 1.807) is 17.9 Å². The van der Waals surface area contributed by atoms with Crippen molar-refractivity contribution in [2.24, 2.45) is 7.05 Å². The summed E-state index contributed by atoms with van der Waals surface area (Å²) >= 11 is 0. The van der Waals surface area contributed by atoms with Gasteiger partial charge in [-0.15, -0.1) is 0 Å². The molecule has 166 valence electrons. The topological polar surface area (TPSA) is 119 Å². The summed E-state index contributed by atoms with van der Waals surface area (Å²) in [6.45, 7) is 0.173. The minimum Gasteiger partial charge on any atom is -0.365 e. The third kappa shape index (κ3) is 3.28. The molecule has 10 heteroatoms. The van der Waals surface area contributed by atoms with Crippen LogP contribution >= 0.6 is 0 Å². The van der Waals surface area contributed by atoms with Crippen LogP contribution < -0.4 is 10.5 Å². The molecule has 2 saturated heterocycles. The first-order valence-electron chi connectivity index (χ1n) is 11.1. The summed E-state index contributed by atoms with van der Waals surface area (Å²) in [5.41, 5.74) is 2.48. The van der Waals surface area contributed by atoms with Crippen LogP contribution in [0.25, 0.3) is 11.2 Å². The molecular weight excluding hydrogens is 420 g/mol. The van der Waals surface area contributed by atoms with Crippen LogP contribution in [-0.2, 0) is 13.6 Å². The Balaban J connectivity index is 1.21. The minimum atomic E-state index is -0.189. The molecule has 2 fully saturated rings. The van der Waals surface area contributed by atoms with Crippen molar-refractivity contribution in [2.45, 2.75) is 50.2 Å². The maximum absolute atomic E-state index is 12.8. The molecule has 2 aliphatic rings. The van der Waals surface area contributed by atoms with E-state index < -0.39 is 0 Å². The molecule has 4 aromatic rings. The average Bonchev–Trinajstić information content (AvgIpc) is 3.52. The van der Waals surface area contributed by atoms with Crippen molar-refractivity contribution in [3.63, 3.8) is 0 Å². The van der Waals surface area contributed by atoms with Gasteiger partial charge in [-0.2, -0.15) is 10.2 Å². The lowest BCUT2D eigenvalue weighted by Gasteiger charge is -2.39. The number of nitrogens with zero attached hydrogens (tertiary/aromatic N) is 8. The molecule has 3 aromatic heterocycles. The average molecular weight is 442 g/mol. The Hall–Kier alpha value is -4.00. The number of imidazole rings is 1. The molecule has 5 heterocycles. The zero-order valence-corrected chi connectivity index (χ0v) is 18.1. The zero-order valence-electron chi connectivity index (χ0n) is 18.1. The molecule has 33 heavy (non-hydrogen) atoms. The Morgan fingerprint density at radius 2 is 1.97 bits per heavy atom. The van der Waals surface area contributed by atoms with Gasteiger partial charge in [0.05, 0.1) is 18.0 Å². The van der Waals surface area contributed by atoms with Crippen molar-refractivity contribution in [3.05, 3.63) is 64.6 Å². The summed E-state index contributed by atoms with van der Waals surface area (Å²) in [6.07, 6.45) is 7.16. The van der Waals surface area contributed by atoms with E-state index >= 15 is 0 Å². The van der Waals surface area contributed by atoms with E-state index in [-0.39, 0.29) is 18.0 Å². The Kier molecular flexibility index (Phi) is 4.50. The van der Waals surface area contributed by atoms with E-state index in [0.717, 1.165) is 31.4 Å². The molecule has 0 radical (unpaired) electrons. The van der Waals surface area contributed by atoms with Crippen LogP contribution in [0, 0.1) is 11.3 Å². The van der Waals surface area contributed by atoms with E-state index in [1.165, 1.54) is 10.9 Å². The summed E-state index contributed by atoms with van der Waals surface area (Å²) in [7, 11) is 1.77. The summed E-state index contributed by atoms with van der Waals surface area (Å²) in [5, 5.41) is 13.5. The molecule has 0 spiro atoms. The maximum Gasteiger partial charge on any atom is 0.280 e. The normalized spacial score (nSPS) is 22.1. The molecule has 6 rings (SSSR count). The Morgan fingerprint density at radius 1 is 1.18 bits per heavy atom. The first-order valence-corrected chi connectivity index (χ1v) is 11.1. The second-order valence-electron chi connectivity index (χ2n) is 8.87. The molecule has 0 amide bonds. The van der Waals surface area contributed by atoms with Gasteiger partial charge in [0.1, 0.15) is 12.9 Å². The molecule has 2 atom stereocenters. The van der Waals surface area contributed by atoms with Gasteiger partial charge in [-0.25, -0.2) is 9.97 Å². The van der Waals surface area contributed by atoms with Crippen LogP contribution in [0.4, 0.5) is 5.69 Å². The van der Waals surface area contributed by atoms with Crippen LogP contribution in [0.2, 0.25) is 0 Å². The number of benzene rings is 1. The highest BCUT2D eigenvalue weighted by Crippen LogP contribution is 2.44. The van der Waals surface area contributed by atoms with Crippen LogP contribution in [0.1, 0.15) is 48.9 Å². The smallest absolute Gasteiger partial charge is 0.280 e. The predicted molar refractivity (Wildman–Crippen MR) is 119 cm³/mol. The standard InChI is InChI=1S/C23H22N8O2/c1-29-12-25-22-20(29)23(32)30(13-26-22)11-19-27-21(28-33-19)15-8-17-5-6-18(9-15)31(17)16-4-2-3-14(7-16)10-24/h2-4,7,12-13,15,17-18H,5-6,8-9,11H2,1H3. The van der Waals surface area contributed by atoms with Crippen molar-refractivity contribution in [2.75, 3.05) is 4.90 Å². The van der Waals surface area contributed by atoms with Crippen molar-refractivity contribution < 1.29 is 4.52 Å². The van der Waals surface area contributed by atoms with Crippen LogP contribution in [0.15, 0.2) is 46.2 Å². The number of piperidine rings is 1. The molecule has 1 aromatic carbocycles. The van der Waals surface area contributed by atoms with Gasteiger partial charge in [0.2, 0.25) is 5.89 Å². The lowest BCUT2D eigenvalue weighted by atomic mass is 9.89. The number of hydrogen-bond donors (Lipinski definition) is 0. The lowest BCUT2D eigenvalue weighted by molar-refractivity contribution is 0.348. The Morgan fingerprint density at radius 3 is 2.76 bits per heavy atom. The number of nitriles is 1. The minimum absolute atomic E-state index is 0.173. The van der Waals surface area contributed by atoms with Crippen molar-refractivity contribution in [1.82, 2.24) is 29.2 Å². The Labute approximate surface area is 189 Å². The summed E-state index contributed by atoms with van der Waals surface area (Å²) in [5.74, 6) is 1.31. The van der Waals surface area contributed by atoms with Crippen molar-refractivity contribution in [1.29, 1.82) is 5.26 Å². The van der Waals surface area contributed by atoms with Gasteiger partial charge >= 0.3 is 0 Å². The first kappa shape index (κ1) is 19.7. The fraction of sp³-hybridized carbons (Fsp3) is 0.391. The van der Waals surface area contributed by atoms with E-state index in [2.05, 4.69) is 37.1 Å². The van der Waals surface area contributed by atoms with Crippen molar-refractivity contribution >= 4 is 16.9 Å². The van der Waals surface area contributed by atoms with Gasteiger partial charge < -0.3 is 14.0 Å². The predicted octanol–water partition coefficient (Wildman–Crippen LogP) is 2.35. The highest BCUT2D eigenvalue weighted by Gasteiger charge is 2.42. The van der Waals surface area contributed by atoms with Crippen molar-refractivity contribution in [3.8, 4) is 6.07 Å². The monoisotopic (exact) mass is 442 g/mol. The van der Waals surface area contributed by atoms with Gasteiger partial charge in [0.15, 0.2) is 17.0 Å². The van der Waals surface area contributed by atoms with Crippen LogP contribution in [-0.4, -0.2) is 41.3 Å². The SMILES string of the molecule is Cn1cnc2ncn(Cc3nc(C4CC5CCC(C4)N5c4cccc(C#N)c4)no3)c(=O)c21. The second kappa shape index (κ2) is 7.55. The largest absolute Gasteiger partial charge is 0.365 e. The molecule has 2 bridgehead atoms. The summed E-state index contributed by atoms with van der Waals surface area (Å²) in [6, 6.07) is 10.9. The summed E-state index contributed by atoms with van der Waals surface area (Å²) in [4.78, 5) is 28.2. The number of hydrogen-bond acceptors (Lipinski definition) is 8. The zero-order chi connectivity index (χ0) is 22.5. The van der Waals surface area contributed by atoms with Gasteiger partial charge in [-0.3, -0.25) is 9.36 Å². The fourth-order valence-electron chi connectivity index (χ4n) is 5.37. The number of aromatic nitrogens is 6. The number of anilines is 1. The molecule has 0 aliphatic carbocycles. The number of aryl methyl sites for hydroxylation is 1. The van der Waals surface area contributed by atoms with Gasteiger partial charge in [-0.1, -0.05) is 11.2 Å². The van der Waals surface area contributed by atoms with Gasteiger partial charge in [0, 0.05) is 30.7 Å². The van der Waals surface area contributed by atoms with Gasteiger partial charge in [0.25, 0.3) is 5.56 Å². The first-order chi connectivity index (χ1) is 16.1. The highest BCUT2D eigenvalue weighted by molar-refractivity contribution is 5.68. The van der Waals surface area contributed by atoms with E-state index in [0.29, 0.717) is 40.5 Å². The molecule has 10 nitrogen and oxygen atoms in total. The number of fused-ring (bicyclic) bond motifs is 3. The molecule has 2 aliphatic heterocycles. The van der Waals surface area contributed by atoms with Gasteiger partial charge in [-0.05, 0) is 43.9 Å². The third-order valence-electron chi connectivity index (χ3n) is 6.86. The molecule has 0 N–H and O–H groups in total. The Bertz CT molecular complexity index is 1430. The van der Waals surface area contributed by atoms with E-state index in [1.807, 2.05) is 18.2 Å². The van der Waals surface area contributed by atoms with Crippen LogP contribution in [0.3, 0.4) is 0 Å². The number of rotatable bonds is 4. The fourth-order valence-corrected chi connectivity index (χ4v) is 5.37. The third-order valence-corrected chi connectivity index (χ3v) is 6.86. The van der Waals surface area contributed by atoms with E-state index in [9.17, 15) is 10.1 Å². The molecule has 0 saturated carbocycles. The highest BCUT2D eigenvalue weighted by atomic mass is 16.5. The van der Waals surface area contributed by atoms with E-state index in [4.69, 9.17) is 4.52 Å². The quantitative estimate of drug-likeness (QED) is 0.472.